The fraction of sp³-hybridized carbons (Fsp3) is 0.229. The van der Waals surface area contributed by atoms with Gasteiger partial charge in [-0.1, -0.05) is 91.7 Å². The van der Waals surface area contributed by atoms with Gasteiger partial charge in [-0.3, -0.25) is 14.2 Å². The normalized spacial score (nSPS) is 14.1. The summed E-state index contributed by atoms with van der Waals surface area (Å²) >= 11 is 1.32. The Bertz CT molecular complexity index is 2010. The van der Waals surface area contributed by atoms with Crippen LogP contribution in [0.25, 0.3) is 49.5 Å². The van der Waals surface area contributed by atoms with Gasteiger partial charge in [0.15, 0.2) is 5.16 Å². The average Bonchev–Trinajstić information content (AvgIpc) is 3.31. The minimum atomic E-state index is -0.146. The van der Waals surface area contributed by atoms with E-state index in [1.54, 1.807) is 4.57 Å². The third-order valence-corrected chi connectivity index (χ3v) is 9.32. The minimum absolute atomic E-state index is 0.0163. The minimum Gasteiger partial charge on any atom is -0.353 e. The Kier molecular flexibility index (Phi) is 7.04. The first-order valence-corrected chi connectivity index (χ1v) is 15.6. The van der Waals surface area contributed by atoms with E-state index in [4.69, 9.17) is 4.98 Å². The summed E-state index contributed by atoms with van der Waals surface area (Å²) in [4.78, 5) is 32.2. The highest BCUT2D eigenvalue weighted by Crippen LogP contribution is 2.33. The summed E-state index contributed by atoms with van der Waals surface area (Å²) in [5.41, 5.74) is 4.90. The number of thioether (sulfide) groups is 1. The maximum atomic E-state index is 14.2. The summed E-state index contributed by atoms with van der Waals surface area (Å²) in [6, 6.07) is 30.9. The van der Waals surface area contributed by atoms with E-state index in [1.165, 1.54) is 29.0 Å². The molecular formula is C35H32N4O2S. The Hall–Kier alpha value is -4.36. The van der Waals surface area contributed by atoms with Crippen LogP contribution in [0.4, 0.5) is 0 Å². The Morgan fingerprint density at radius 1 is 0.881 bits per heavy atom. The highest BCUT2D eigenvalue weighted by molar-refractivity contribution is 7.99. The molecule has 2 aromatic heterocycles. The fourth-order valence-corrected chi connectivity index (χ4v) is 7.03. The Balaban J connectivity index is 1.33. The molecule has 0 aliphatic heterocycles. The van der Waals surface area contributed by atoms with Crippen molar-refractivity contribution in [1.29, 1.82) is 0 Å². The predicted molar refractivity (Wildman–Crippen MR) is 172 cm³/mol. The van der Waals surface area contributed by atoms with E-state index < -0.39 is 0 Å². The van der Waals surface area contributed by atoms with Crippen LogP contribution in [0.5, 0.6) is 0 Å². The number of aryl methyl sites for hydroxylation is 1. The van der Waals surface area contributed by atoms with E-state index in [-0.39, 0.29) is 23.3 Å². The number of hydrogen-bond acceptors (Lipinski definition) is 4. The standard InChI is InChI=1S/C35H32N4O2S/c1-38-30-19-18-26(25-17-16-23-10-8-9-11-24(23)20-25)21-29(30)32-33(38)34(41)39(28-14-6-3-7-15-28)35(37-32)42-22-31(40)36-27-12-4-2-5-13-27/h3,6-11,14-21,27H,2,4-5,12-13,22H2,1H3,(H,36,40). The zero-order chi connectivity index (χ0) is 28.6. The molecule has 6 aromatic rings. The number of benzene rings is 4. The molecule has 1 fully saturated rings. The quantitative estimate of drug-likeness (QED) is 0.169. The second kappa shape index (κ2) is 11.1. The van der Waals surface area contributed by atoms with Gasteiger partial charge >= 0.3 is 0 Å². The number of hydrogen-bond donors (Lipinski definition) is 1. The largest absolute Gasteiger partial charge is 0.353 e. The molecule has 6 nitrogen and oxygen atoms in total. The van der Waals surface area contributed by atoms with Crippen molar-refractivity contribution in [2.45, 2.75) is 43.3 Å². The molecule has 2 heterocycles. The molecule has 0 saturated heterocycles. The summed E-state index contributed by atoms with van der Waals surface area (Å²) in [7, 11) is 1.92. The summed E-state index contributed by atoms with van der Waals surface area (Å²) in [5.74, 6) is 0.186. The average molecular weight is 573 g/mol. The molecule has 1 aliphatic carbocycles. The highest BCUT2D eigenvalue weighted by Gasteiger charge is 2.22. The number of amides is 1. The van der Waals surface area contributed by atoms with Gasteiger partial charge in [0.25, 0.3) is 5.56 Å². The zero-order valence-corrected chi connectivity index (χ0v) is 24.4. The lowest BCUT2D eigenvalue weighted by molar-refractivity contribution is -0.119. The summed E-state index contributed by atoms with van der Waals surface area (Å²) in [5, 5.41) is 7.01. The van der Waals surface area contributed by atoms with Crippen LogP contribution in [0.15, 0.2) is 101 Å². The van der Waals surface area contributed by atoms with Gasteiger partial charge in [0.2, 0.25) is 5.91 Å². The first-order chi connectivity index (χ1) is 20.6. The van der Waals surface area contributed by atoms with E-state index in [9.17, 15) is 9.59 Å². The van der Waals surface area contributed by atoms with Gasteiger partial charge in [-0.25, -0.2) is 4.98 Å². The predicted octanol–water partition coefficient (Wildman–Crippen LogP) is 7.24. The first kappa shape index (κ1) is 26.5. The molecule has 210 valence electrons. The van der Waals surface area contributed by atoms with Crippen molar-refractivity contribution >= 4 is 50.4 Å². The van der Waals surface area contributed by atoms with Crippen LogP contribution in [0.2, 0.25) is 0 Å². The van der Waals surface area contributed by atoms with Crippen LogP contribution < -0.4 is 10.9 Å². The SMILES string of the molecule is Cn1c2ccc(-c3ccc4ccccc4c3)cc2c2nc(SCC(=O)NC3CCCCC3)n(-c3ccccc3)c(=O)c21. The molecule has 0 radical (unpaired) electrons. The molecule has 42 heavy (non-hydrogen) atoms. The molecule has 1 saturated carbocycles. The van der Waals surface area contributed by atoms with E-state index >= 15 is 0 Å². The maximum Gasteiger partial charge on any atom is 0.283 e. The van der Waals surface area contributed by atoms with E-state index in [2.05, 4.69) is 59.9 Å². The van der Waals surface area contributed by atoms with Crippen molar-refractivity contribution in [3.8, 4) is 16.8 Å². The smallest absolute Gasteiger partial charge is 0.283 e. The molecular weight excluding hydrogens is 540 g/mol. The lowest BCUT2D eigenvalue weighted by Gasteiger charge is -2.22. The van der Waals surface area contributed by atoms with Crippen molar-refractivity contribution in [1.82, 2.24) is 19.4 Å². The number of aromatic nitrogens is 3. The third kappa shape index (κ3) is 4.88. The van der Waals surface area contributed by atoms with Crippen molar-refractivity contribution in [3.63, 3.8) is 0 Å². The van der Waals surface area contributed by atoms with Crippen LogP contribution in [0, 0.1) is 0 Å². The van der Waals surface area contributed by atoms with Gasteiger partial charge in [0.05, 0.1) is 17.0 Å². The number of nitrogens with one attached hydrogen (secondary N) is 1. The van der Waals surface area contributed by atoms with E-state index in [1.807, 2.05) is 48.0 Å². The molecule has 7 heteroatoms. The number of carbonyl (C=O) groups is 1. The molecule has 1 amide bonds. The lowest BCUT2D eigenvalue weighted by atomic mass is 9.95. The Morgan fingerprint density at radius 2 is 1.60 bits per heavy atom. The summed E-state index contributed by atoms with van der Waals surface area (Å²) < 4.78 is 3.58. The number of fused-ring (bicyclic) bond motifs is 4. The monoisotopic (exact) mass is 572 g/mol. The fourth-order valence-electron chi connectivity index (χ4n) is 6.22. The van der Waals surface area contributed by atoms with Gasteiger partial charge < -0.3 is 9.88 Å². The molecule has 7 rings (SSSR count). The van der Waals surface area contributed by atoms with Crippen molar-refractivity contribution < 1.29 is 4.79 Å². The molecule has 1 N–H and O–H groups in total. The molecule has 0 atom stereocenters. The van der Waals surface area contributed by atoms with Gasteiger partial charge in [0, 0.05) is 18.5 Å². The topological polar surface area (TPSA) is 68.9 Å². The van der Waals surface area contributed by atoms with Gasteiger partial charge in [-0.15, -0.1) is 0 Å². The maximum absolute atomic E-state index is 14.2. The Labute approximate surface area is 248 Å². The first-order valence-electron chi connectivity index (χ1n) is 14.6. The van der Waals surface area contributed by atoms with E-state index in [0.29, 0.717) is 16.2 Å². The number of rotatable bonds is 6. The molecule has 0 bridgehead atoms. The van der Waals surface area contributed by atoms with Crippen LogP contribution in [0.1, 0.15) is 32.1 Å². The lowest BCUT2D eigenvalue weighted by Crippen LogP contribution is -2.37. The van der Waals surface area contributed by atoms with Crippen molar-refractivity contribution in [2.75, 3.05) is 5.75 Å². The summed E-state index contributed by atoms with van der Waals surface area (Å²) in [6.45, 7) is 0. The second-order valence-corrected chi connectivity index (χ2v) is 12.1. The van der Waals surface area contributed by atoms with Gasteiger partial charge in [-0.05, 0) is 65.1 Å². The number of carbonyl (C=O) groups excluding carboxylic acids is 1. The Morgan fingerprint density at radius 3 is 2.40 bits per heavy atom. The van der Waals surface area contributed by atoms with Gasteiger partial charge in [-0.2, -0.15) is 0 Å². The number of nitrogens with zero attached hydrogens (tertiary/aromatic N) is 3. The zero-order valence-electron chi connectivity index (χ0n) is 23.5. The third-order valence-electron chi connectivity index (χ3n) is 8.38. The molecule has 1 aliphatic rings. The number of para-hydroxylation sites is 1. The van der Waals surface area contributed by atoms with Crippen LogP contribution in [0.3, 0.4) is 0 Å². The van der Waals surface area contributed by atoms with Crippen molar-refractivity contribution in [2.24, 2.45) is 7.05 Å². The molecule has 4 aromatic carbocycles. The highest BCUT2D eigenvalue weighted by atomic mass is 32.2. The van der Waals surface area contributed by atoms with Crippen LogP contribution >= 0.6 is 11.8 Å². The van der Waals surface area contributed by atoms with Crippen LogP contribution in [-0.2, 0) is 11.8 Å². The second-order valence-electron chi connectivity index (χ2n) is 11.1. The molecule has 0 unspecified atom stereocenters. The van der Waals surface area contributed by atoms with Gasteiger partial charge in [0.1, 0.15) is 11.0 Å². The summed E-state index contributed by atoms with van der Waals surface area (Å²) in [6.07, 6.45) is 5.62. The van der Waals surface area contributed by atoms with Crippen LogP contribution in [-0.4, -0.2) is 31.8 Å². The van der Waals surface area contributed by atoms with E-state index in [0.717, 1.165) is 53.4 Å². The van der Waals surface area contributed by atoms with Crippen molar-refractivity contribution in [3.05, 3.63) is 101 Å². The molecule has 0 spiro atoms.